The summed E-state index contributed by atoms with van der Waals surface area (Å²) >= 11 is 0. The number of aryl methyl sites for hydroxylation is 2. The molecule has 1 unspecified atom stereocenters. The summed E-state index contributed by atoms with van der Waals surface area (Å²) in [4.78, 5) is 9.19. The molecule has 2 aromatic carbocycles. The lowest BCUT2D eigenvalue weighted by Crippen LogP contribution is -2.35. The topological polar surface area (TPSA) is 48.8 Å². The molecule has 0 fully saturated rings. The van der Waals surface area contributed by atoms with Crippen LogP contribution in [-0.4, -0.2) is 24.1 Å². The summed E-state index contributed by atoms with van der Waals surface area (Å²) in [6.45, 7) is 5.76. The van der Waals surface area contributed by atoms with Crippen LogP contribution in [-0.2, 0) is 6.42 Å². The zero-order valence-electron chi connectivity index (χ0n) is 16.0. The van der Waals surface area contributed by atoms with Crippen molar-refractivity contribution in [3.63, 3.8) is 0 Å². The second-order valence-corrected chi connectivity index (χ2v) is 9.39. The van der Waals surface area contributed by atoms with Crippen LogP contribution < -0.4 is 10.6 Å². The van der Waals surface area contributed by atoms with E-state index in [2.05, 4.69) is 46.8 Å². The second kappa shape index (κ2) is 8.57. The standard InChI is InChI=1S/C21H23FN4S2/c1-13-4-6-15(7-5-13)20-26-19(27-28-20)11-16-10-14(2)18(12-17(16)22)25-21-23-8-3-9-24-21/h4-7,10,12,20H,3,8-9,11H2,1-2H3,(H2,23,24,25). The number of hydrogen-bond acceptors (Lipinski definition) is 6. The molecule has 2 aliphatic rings. The predicted octanol–water partition coefficient (Wildman–Crippen LogP) is 5.24. The van der Waals surface area contributed by atoms with Crippen LogP contribution in [0.4, 0.5) is 10.1 Å². The number of benzene rings is 2. The molecule has 2 aliphatic heterocycles. The van der Waals surface area contributed by atoms with Crippen molar-refractivity contribution >= 4 is 38.3 Å². The zero-order valence-corrected chi connectivity index (χ0v) is 17.6. The summed E-state index contributed by atoms with van der Waals surface area (Å²) in [5, 5.41) is 7.46. The van der Waals surface area contributed by atoms with Crippen LogP contribution >= 0.6 is 21.6 Å². The van der Waals surface area contributed by atoms with Crippen molar-refractivity contribution < 1.29 is 4.39 Å². The summed E-state index contributed by atoms with van der Waals surface area (Å²) < 4.78 is 14.7. The van der Waals surface area contributed by atoms with Gasteiger partial charge in [-0.2, -0.15) is 0 Å². The van der Waals surface area contributed by atoms with Gasteiger partial charge in [0.1, 0.15) is 11.2 Å². The molecule has 2 aromatic rings. The molecule has 0 amide bonds. The lowest BCUT2D eigenvalue weighted by atomic mass is 10.1. The van der Waals surface area contributed by atoms with Gasteiger partial charge in [0.25, 0.3) is 0 Å². The highest BCUT2D eigenvalue weighted by Crippen LogP contribution is 2.46. The minimum Gasteiger partial charge on any atom is -0.356 e. The average molecular weight is 415 g/mol. The Bertz CT molecular complexity index is 925. The highest BCUT2D eigenvalue weighted by molar-refractivity contribution is 8.82. The van der Waals surface area contributed by atoms with Gasteiger partial charge in [0.15, 0.2) is 5.96 Å². The number of aliphatic imine (C=N–C) groups is 2. The van der Waals surface area contributed by atoms with Crippen molar-refractivity contribution in [3.05, 3.63) is 64.5 Å². The zero-order chi connectivity index (χ0) is 19.5. The van der Waals surface area contributed by atoms with E-state index in [9.17, 15) is 4.39 Å². The van der Waals surface area contributed by atoms with E-state index in [-0.39, 0.29) is 11.2 Å². The van der Waals surface area contributed by atoms with E-state index in [1.807, 2.05) is 13.0 Å². The van der Waals surface area contributed by atoms with E-state index < -0.39 is 0 Å². The van der Waals surface area contributed by atoms with E-state index in [0.717, 1.165) is 41.8 Å². The van der Waals surface area contributed by atoms with Crippen molar-refractivity contribution in [1.82, 2.24) is 5.32 Å². The molecular formula is C21H23FN4S2. The molecule has 0 saturated heterocycles. The summed E-state index contributed by atoms with van der Waals surface area (Å²) in [7, 11) is 3.37. The smallest absolute Gasteiger partial charge is 0.195 e. The van der Waals surface area contributed by atoms with E-state index in [1.54, 1.807) is 27.7 Å². The van der Waals surface area contributed by atoms with Gasteiger partial charge in [-0.3, -0.25) is 9.98 Å². The van der Waals surface area contributed by atoms with E-state index in [1.165, 1.54) is 11.1 Å². The molecule has 0 saturated carbocycles. The molecule has 28 heavy (non-hydrogen) atoms. The molecule has 4 rings (SSSR count). The second-order valence-electron chi connectivity index (χ2n) is 7.04. The molecule has 4 nitrogen and oxygen atoms in total. The molecule has 146 valence electrons. The summed E-state index contributed by atoms with van der Waals surface area (Å²) in [6, 6.07) is 11.9. The van der Waals surface area contributed by atoms with Crippen LogP contribution in [0.25, 0.3) is 0 Å². The Kier molecular flexibility index (Phi) is 5.92. The number of rotatable bonds is 4. The van der Waals surface area contributed by atoms with Crippen LogP contribution in [0.5, 0.6) is 0 Å². The van der Waals surface area contributed by atoms with Crippen molar-refractivity contribution in [2.75, 3.05) is 18.4 Å². The largest absolute Gasteiger partial charge is 0.356 e. The van der Waals surface area contributed by atoms with Crippen LogP contribution in [0.2, 0.25) is 0 Å². The van der Waals surface area contributed by atoms with Crippen LogP contribution in [0, 0.1) is 19.7 Å². The van der Waals surface area contributed by atoms with Crippen molar-refractivity contribution in [2.45, 2.75) is 32.1 Å². The Morgan fingerprint density at radius 1 is 1.21 bits per heavy atom. The summed E-state index contributed by atoms with van der Waals surface area (Å²) in [6.07, 6.45) is 1.55. The number of anilines is 1. The van der Waals surface area contributed by atoms with Gasteiger partial charge in [-0.1, -0.05) is 46.7 Å². The minimum absolute atomic E-state index is 0.0843. The van der Waals surface area contributed by atoms with E-state index >= 15 is 0 Å². The number of halogens is 1. The van der Waals surface area contributed by atoms with E-state index in [4.69, 9.17) is 4.99 Å². The van der Waals surface area contributed by atoms with Crippen LogP contribution in [0.15, 0.2) is 46.4 Å². The maximum absolute atomic E-state index is 14.7. The monoisotopic (exact) mass is 414 g/mol. The van der Waals surface area contributed by atoms with Crippen molar-refractivity contribution in [3.8, 4) is 0 Å². The van der Waals surface area contributed by atoms with Gasteiger partial charge >= 0.3 is 0 Å². The number of nitrogens with zero attached hydrogens (tertiary/aromatic N) is 2. The quantitative estimate of drug-likeness (QED) is 0.672. The molecule has 7 heteroatoms. The fourth-order valence-electron chi connectivity index (χ4n) is 3.13. The van der Waals surface area contributed by atoms with Crippen LogP contribution in [0.1, 0.15) is 34.0 Å². The Hall–Kier alpha value is -1.99. The van der Waals surface area contributed by atoms with Gasteiger partial charge in [0, 0.05) is 25.2 Å². The third-order valence-electron chi connectivity index (χ3n) is 4.74. The van der Waals surface area contributed by atoms with Gasteiger partial charge in [0.05, 0.1) is 5.04 Å². The first-order valence-corrected chi connectivity index (χ1v) is 11.6. The van der Waals surface area contributed by atoms with Gasteiger partial charge in [-0.25, -0.2) is 4.39 Å². The SMILES string of the molecule is Cc1ccc(C2N=C(Cc3cc(C)c(NC4=NCCCN4)cc3F)SS2)cc1. The lowest BCUT2D eigenvalue weighted by molar-refractivity contribution is 0.616. The van der Waals surface area contributed by atoms with Gasteiger partial charge in [-0.15, -0.1) is 0 Å². The highest BCUT2D eigenvalue weighted by atomic mass is 33.1. The third kappa shape index (κ3) is 4.52. The molecule has 0 aliphatic carbocycles. The molecule has 2 N–H and O–H groups in total. The first-order valence-electron chi connectivity index (χ1n) is 9.39. The Morgan fingerprint density at radius 3 is 2.79 bits per heavy atom. The summed E-state index contributed by atoms with van der Waals surface area (Å²) in [5.41, 5.74) is 4.86. The number of nitrogens with one attached hydrogen (secondary N) is 2. The fourth-order valence-corrected chi connectivity index (χ4v) is 5.57. The highest BCUT2D eigenvalue weighted by Gasteiger charge is 2.22. The normalized spacial score (nSPS) is 19.0. The molecule has 0 spiro atoms. The average Bonchev–Trinajstić information content (AvgIpc) is 3.16. The summed E-state index contributed by atoms with van der Waals surface area (Å²) in [5.74, 6) is 0.506. The van der Waals surface area contributed by atoms with E-state index in [0.29, 0.717) is 12.0 Å². The van der Waals surface area contributed by atoms with Gasteiger partial charge in [-0.05, 0) is 53.8 Å². The molecule has 2 heterocycles. The first kappa shape index (κ1) is 19.3. The van der Waals surface area contributed by atoms with Crippen molar-refractivity contribution in [2.24, 2.45) is 9.98 Å². The van der Waals surface area contributed by atoms with Gasteiger partial charge in [0.2, 0.25) is 0 Å². The van der Waals surface area contributed by atoms with Crippen LogP contribution in [0.3, 0.4) is 0 Å². The fraction of sp³-hybridized carbons (Fsp3) is 0.333. The maximum Gasteiger partial charge on any atom is 0.195 e. The molecule has 1 atom stereocenters. The third-order valence-corrected chi connectivity index (χ3v) is 7.26. The Balaban J connectivity index is 1.47. The lowest BCUT2D eigenvalue weighted by Gasteiger charge is -2.18. The molecule has 0 bridgehead atoms. The molecule has 0 radical (unpaired) electrons. The first-order chi connectivity index (χ1) is 13.6. The minimum atomic E-state index is -0.211. The Morgan fingerprint density at radius 2 is 2.04 bits per heavy atom. The maximum atomic E-state index is 14.7. The predicted molar refractivity (Wildman–Crippen MR) is 120 cm³/mol. The molecule has 0 aromatic heterocycles. The Labute approximate surface area is 172 Å². The number of hydrogen-bond donors (Lipinski definition) is 2. The number of guanidine groups is 1. The van der Waals surface area contributed by atoms with Gasteiger partial charge < -0.3 is 10.6 Å². The van der Waals surface area contributed by atoms with Crippen molar-refractivity contribution in [1.29, 1.82) is 0 Å². The molecular weight excluding hydrogens is 391 g/mol.